The summed E-state index contributed by atoms with van der Waals surface area (Å²) in [5.41, 5.74) is 3.67. The lowest BCUT2D eigenvalue weighted by atomic mass is 10.0. The minimum Gasteiger partial charge on any atom is -0.490 e. The Bertz CT molecular complexity index is 1510. The van der Waals surface area contributed by atoms with Gasteiger partial charge in [0, 0.05) is 24.1 Å². The first-order chi connectivity index (χ1) is 17.6. The summed E-state index contributed by atoms with van der Waals surface area (Å²) in [6.45, 7) is 3.47. The third-order valence-electron chi connectivity index (χ3n) is 6.48. The van der Waals surface area contributed by atoms with Gasteiger partial charge >= 0.3 is 10.4 Å². The van der Waals surface area contributed by atoms with Gasteiger partial charge in [0.2, 0.25) is 11.7 Å². The van der Waals surface area contributed by atoms with E-state index in [9.17, 15) is 18.5 Å². The van der Waals surface area contributed by atoms with Crippen LogP contribution in [0.3, 0.4) is 0 Å². The molecule has 0 radical (unpaired) electrons. The predicted molar refractivity (Wildman–Crippen MR) is 129 cm³/mol. The van der Waals surface area contributed by atoms with Crippen LogP contribution in [0.25, 0.3) is 22.8 Å². The fourth-order valence-corrected chi connectivity index (χ4v) is 5.40. The molecule has 0 bridgehead atoms. The second kappa shape index (κ2) is 9.59. The zero-order chi connectivity index (χ0) is 26.3. The van der Waals surface area contributed by atoms with Crippen LogP contribution in [0.1, 0.15) is 43.0 Å². The molecular formula is C25H24N4O7S. The molecule has 37 heavy (non-hydrogen) atoms. The van der Waals surface area contributed by atoms with Crippen LogP contribution in [0, 0.1) is 17.2 Å². The number of fused-ring (bicyclic) bond motifs is 3. The van der Waals surface area contributed by atoms with Gasteiger partial charge in [0.25, 0.3) is 5.89 Å². The number of nitriles is 1. The Balaban J connectivity index is 1.42. The van der Waals surface area contributed by atoms with Crippen molar-refractivity contribution in [2.24, 2.45) is 5.92 Å². The van der Waals surface area contributed by atoms with Crippen LogP contribution in [-0.2, 0) is 25.8 Å². The van der Waals surface area contributed by atoms with Crippen LogP contribution in [0.15, 0.2) is 40.9 Å². The van der Waals surface area contributed by atoms with Gasteiger partial charge < -0.3 is 14.2 Å². The quantitative estimate of drug-likeness (QED) is 0.434. The summed E-state index contributed by atoms with van der Waals surface area (Å²) in [5, 5.41) is 13.7. The fourth-order valence-electron chi connectivity index (χ4n) is 5.11. The van der Waals surface area contributed by atoms with Crippen molar-refractivity contribution in [1.29, 1.82) is 5.26 Å². The van der Waals surface area contributed by atoms with E-state index in [4.69, 9.17) is 13.8 Å². The van der Waals surface area contributed by atoms with Crippen LogP contribution in [0.5, 0.6) is 5.75 Å². The van der Waals surface area contributed by atoms with Crippen LogP contribution in [-0.4, -0.2) is 53.2 Å². The zero-order valence-electron chi connectivity index (χ0n) is 20.1. The van der Waals surface area contributed by atoms with Crippen LogP contribution in [0.4, 0.5) is 0 Å². The maximum atomic E-state index is 12.6. The molecule has 2 heterocycles. The average Bonchev–Trinajstić information content (AvgIpc) is 3.53. The average molecular weight is 525 g/mol. The first kappa shape index (κ1) is 24.9. The van der Waals surface area contributed by atoms with E-state index in [0.717, 1.165) is 16.7 Å². The van der Waals surface area contributed by atoms with Gasteiger partial charge in [-0.15, -0.1) is 0 Å². The molecule has 12 heteroatoms. The third-order valence-corrected chi connectivity index (χ3v) is 6.94. The number of likely N-dealkylation sites (tertiary alicyclic amines) is 1. The molecule has 2 atom stereocenters. The Hall–Kier alpha value is -3.79. The lowest BCUT2D eigenvalue weighted by Gasteiger charge is -2.25. The number of carbonyl (C=O) groups excluding carboxylic acids is 1. The van der Waals surface area contributed by atoms with Crippen LogP contribution in [0.2, 0.25) is 0 Å². The lowest BCUT2D eigenvalue weighted by Crippen LogP contribution is -2.32. The topological polar surface area (TPSA) is 156 Å². The summed E-state index contributed by atoms with van der Waals surface area (Å²) in [6, 6.07) is 12.7. The van der Waals surface area contributed by atoms with E-state index >= 15 is 0 Å². The Labute approximate surface area is 213 Å². The van der Waals surface area contributed by atoms with Crippen molar-refractivity contribution >= 4 is 16.3 Å². The normalized spacial score (nSPS) is 18.7. The minimum absolute atomic E-state index is 0.0208. The zero-order valence-corrected chi connectivity index (χ0v) is 20.9. The van der Waals surface area contributed by atoms with Gasteiger partial charge in [-0.25, -0.2) is 4.18 Å². The molecule has 3 aromatic rings. The number of carbonyl (C=O) groups is 1. The second-order valence-corrected chi connectivity index (χ2v) is 10.3. The van der Waals surface area contributed by atoms with Crippen molar-refractivity contribution in [2.75, 3.05) is 13.2 Å². The molecule has 1 amide bonds. The number of rotatable bonds is 8. The van der Waals surface area contributed by atoms with Crippen molar-refractivity contribution in [1.82, 2.24) is 15.0 Å². The highest BCUT2D eigenvalue weighted by molar-refractivity contribution is 7.80. The second-order valence-electron chi connectivity index (χ2n) is 9.24. The number of aromatic nitrogens is 2. The summed E-state index contributed by atoms with van der Waals surface area (Å²) in [7, 11) is -4.58. The maximum Gasteiger partial charge on any atom is 0.397 e. The highest BCUT2D eigenvalue weighted by Gasteiger charge is 2.46. The number of ether oxygens (including phenoxy) is 1. The third kappa shape index (κ3) is 4.93. The van der Waals surface area contributed by atoms with E-state index in [1.54, 1.807) is 23.1 Å². The van der Waals surface area contributed by atoms with Crippen molar-refractivity contribution in [2.45, 2.75) is 38.8 Å². The molecule has 1 N–H and O–H groups in total. The van der Waals surface area contributed by atoms with Gasteiger partial charge in [0.15, 0.2) is 0 Å². The van der Waals surface area contributed by atoms with E-state index in [1.807, 2.05) is 32.0 Å². The van der Waals surface area contributed by atoms with Crippen molar-refractivity contribution in [3.05, 3.63) is 53.1 Å². The molecule has 0 unspecified atom stereocenters. The number of hydrogen-bond donors (Lipinski definition) is 1. The smallest absolute Gasteiger partial charge is 0.397 e. The number of hydrogen-bond acceptors (Lipinski definition) is 9. The van der Waals surface area contributed by atoms with E-state index in [0.29, 0.717) is 35.5 Å². The highest BCUT2D eigenvalue weighted by Crippen LogP contribution is 2.49. The molecule has 2 aromatic carbocycles. The van der Waals surface area contributed by atoms with Gasteiger partial charge in [0.05, 0.1) is 24.3 Å². The monoisotopic (exact) mass is 524 g/mol. The number of nitrogens with zero attached hydrogens (tertiary/aromatic N) is 4. The molecule has 11 nitrogen and oxygen atoms in total. The molecule has 2 aliphatic rings. The lowest BCUT2D eigenvalue weighted by molar-refractivity contribution is -0.129. The molecule has 192 valence electrons. The summed E-state index contributed by atoms with van der Waals surface area (Å²) in [5.74, 6) is 1.06. The molecule has 1 saturated heterocycles. The van der Waals surface area contributed by atoms with Gasteiger partial charge in [-0.1, -0.05) is 23.4 Å². The first-order valence-electron chi connectivity index (χ1n) is 11.7. The Morgan fingerprint density at radius 1 is 1.27 bits per heavy atom. The van der Waals surface area contributed by atoms with E-state index < -0.39 is 10.4 Å². The summed E-state index contributed by atoms with van der Waals surface area (Å²) in [4.78, 5) is 18.8. The van der Waals surface area contributed by atoms with Crippen molar-refractivity contribution in [3.63, 3.8) is 0 Å². The largest absolute Gasteiger partial charge is 0.490 e. The standard InChI is InChI=1S/C25H24N4O7S/c1-14(2)35-21-7-6-15(10-17(21)13-26)25-27-24(28-36-25)19-5-3-4-18-20(19)11-16-12-22(30)29(23(16)18)8-9-34-37(31,32)33/h3-7,10,14,16,23H,8-9,11-12H2,1-2H3,(H,31,32,33)/t16-,23+/m0/s1. The van der Waals surface area contributed by atoms with Crippen LogP contribution >= 0.6 is 0 Å². The first-order valence-corrected chi connectivity index (χ1v) is 13.1. The highest BCUT2D eigenvalue weighted by atomic mass is 32.3. The minimum atomic E-state index is -4.58. The van der Waals surface area contributed by atoms with E-state index in [2.05, 4.69) is 20.4 Å². The van der Waals surface area contributed by atoms with Gasteiger partial charge in [-0.2, -0.15) is 18.7 Å². The predicted octanol–water partition coefficient (Wildman–Crippen LogP) is 3.33. The summed E-state index contributed by atoms with van der Waals surface area (Å²) in [6.07, 6.45) is 0.875. The van der Waals surface area contributed by atoms with Gasteiger partial charge in [-0.3, -0.25) is 9.35 Å². The molecule has 1 aliphatic heterocycles. The van der Waals surface area contributed by atoms with Crippen LogP contribution < -0.4 is 4.74 Å². The van der Waals surface area contributed by atoms with E-state index in [-0.39, 0.29) is 43.0 Å². The molecule has 1 fully saturated rings. The molecule has 0 saturated carbocycles. The molecule has 1 aromatic heterocycles. The van der Waals surface area contributed by atoms with Gasteiger partial charge in [-0.05, 0) is 55.5 Å². The molecule has 1 aliphatic carbocycles. The summed E-state index contributed by atoms with van der Waals surface area (Å²) < 4.78 is 46.3. The van der Waals surface area contributed by atoms with Crippen molar-refractivity contribution < 1.29 is 31.2 Å². The van der Waals surface area contributed by atoms with Gasteiger partial charge in [0.1, 0.15) is 11.8 Å². The maximum absolute atomic E-state index is 12.6. The number of amides is 1. The Morgan fingerprint density at radius 2 is 2.08 bits per heavy atom. The van der Waals surface area contributed by atoms with Crippen molar-refractivity contribution in [3.8, 4) is 34.7 Å². The summed E-state index contributed by atoms with van der Waals surface area (Å²) >= 11 is 0. The van der Waals surface area contributed by atoms with E-state index in [1.165, 1.54) is 0 Å². The Morgan fingerprint density at radius 3 is 2.81 bits per heavy atom. The SMILES string of the molecule is CC(C)Oc1ccc(-c2nc(-c3cccc4c3C[C@H]3CC(=O)N(CCOS(=O)(=O)O)[C@@H]43)no2)cc1C#N. The molecule has 5 rings (SSSR count). The number of benzene rings is 2. The molecule has 0 spiro atoms. The Kier molecular flexibility index (Phi) is 6.45. The fraction of sp³-hybridized carbons (Fsp3) is 0.360. The molecular weight excluding hydrogens is 500 g/mol.